The molecule has 8 nitrogen and oxygen atoms in total. The number of nitrogens with zero attached hydrogens (tertiary/aromatic N) is 1. The maximum Gasteiger partial charge on any atom is 0.243 e. The van der Waals surface area contributed by atoms with Crippen LogP contribution >= 0.6 is 10.8 Å². The Morgan fingerprint density at radius 3 is 2.11 bits per heavy atom. The molecule has 1 heterocycles. The number of amides is 1. The second kappa shape index (κ2) is 10.5. The molecule has 4 rings (SSSR count). The highest BCUT2D eigenvalue weighted by molar-refractivity contribution is 8.23. The van der Waals surface area contributed by atoms with Gasteiger partial charge in [-0.2, -0.15) is 0 Å². The van der Waals surface area contributed by atoms with E-state index in [1.54, 1.807) is 45.0 Å². The van der Waals surface area contributed by atoms with E-state index < -0.39 is 31.6 Å². The first-order valence-electron chi connectivity index (χ1n) is 11.9. The number of hydrogen-bond donors (Lipinski definition) is 3. The van der Waals surface area contributed by atoms with Crippen molar-refractivity contribution in [1.82, 2.24) is 9.03 Å². The van der Waals surface area contributed by atoms with E-state index in [1.165, 1.54) is 16.4 Å². The summed E-state index contributed by atoms with van der Waals surface area (Å²) in [5.41, 5.74) is 0.852. The number of para-hydroxylation sites is 1. The summed E-state index contributed by atoms with van der Waals surface area (Å²) in [6.07, 6.45) is 0.483. The molecule has 1 amide bonds. The van der Waals surface area contributed by atoms with Gasteiger partial charge >= 0.3 is 0 Å². The van der Waals surface area contributed by atoms with E-state index >= 15 is 0 Å². The van der Waals surface area contributed by atoms with Crippen molar-refractivity contribution in [3.63, 3.8) is 0 Å². The van der Waals surface area contributed by atoms with Gasteiger partial charge in [0.1, 0.15) is 16.7 Å². The molecule has 1 saturated heterocycles. The summed E-state index contributed by atoms with van der Waals surface area (Å²) in [5.74, 6) is 0.922. The van der Waals surface area contributed by atoms with Crippen molar-refractivity contribution in [2.24, 2.45) is 0 Å². The van der Waals surface area contributed by atoms with E-state index in [2.05, 4.69) is 4.72 Å². The molecular formula is C27H32N2O6S2. The fourth-order valence-electron chi connectivity index (χ4n) is 4.33. The number of benzene rings is 3. The number of carbonyl (C=O) groups excluding carboxylic acids is 1. The molecule has 1 unspecified atom stereocenters. The molecule has 10 heteroatoms. The van der Waals surface area contributed by atoms with Crippen LogP contribution in [0.25, 0.3) is 0 Å². The molecule has 3 N–H and O–H groups in total. The smallest absolute Gasteiger partial charge is 0.243 e. The summed E-state index contributed by atoms with van der Waals surface area (Å²) in [4.78, 5) is 12.6. The van der Waals surface area contributed by atoms with Crippen molar-refractivity contribution in [1.29, 1.82) is 0 Å². The SMILES string of the molecule is CC(C)(C)N1C(=O)CC(c2ccc(CCNS(=O)(=O)c3ccc(Oc4ccccc4)cc3)cc2)S1(O)O. The summed E-state index contributed by atoms with van der Waals surface area (Å²) in [7, 11) is -7.00. The predicted molar refractivity (Wildman–Crippen MR) is 145 cm³/mol. The Bertz CT molecular complexity index is 1340. The van der Waals surface area contributed by atoms with Crippen LogP contribution in [0.15, 0.2) is 83.8 Å². The van der Waals surface area contributed by atoms with Gasteiger partial charge in [-0.05, 0) is 74.7 Å². The van der Waals surface area contributed by atoms with Gasteiger partial charge in [0.05, 0.1) is 16.9 Å². The van der Waals surface area contributed by atoms with Gasteiger partial charge in [0.25, 0.3) is 0 Å². The second-order valence-corrected chi connectivity index (χ2v) is 13.7. The number of sulfonamides is 1. The molecule has 1 fully saturated rings. The molecule has 1 aliphatic rings. The molecule has 3 aromatic rings. The number of carbonyl (C=O) groups is 1. The van der Waals surface area contributed by atoms with Gasteiger partial charge < -0.3 is 4.74 Å². The molecule has 0 saturated carbocycles. The highest BCUT2D eigenvalue weighted by Crippen LogP contribution is 2.65. The van der Waals surface area contributed by atoms with Crippen LogP contribution in [0.4, 0.5) is 0 Å². The number of rotatable bonds is 8. The zero-order chi connectivity index (χ0) is 26.8. The Hall–Kier alpha value is -2.89. The number of ether oxygens (including phenoxy) is 1. The van der Waals surface area contributed by atoms with Gasteiger partial charge in [-0.1, -0.05) is 42.5 Å². The van der Waals surface area contributed by atoms with Crippen molar-refractivity contribution in [2.45, 2.75) is 49.3 Å². The minimum atomic E-state index is -3.69. The summed E-state index contributed by atoms with van der Waals surface area (Å²) in [5, 5.41) is -0.694. The highest BCUT2D eigenvalue weighted by atomic mass is 32.3. The number of nitrogens with one attached hydrogen (secondary N) is 1. The van der Waals surface area contributed by atoms with Crippen molar-refractivity contribution < 1.29 is 27.1 Å². The average Bonchev–Trinajstić information content (AvgIpc) is 3.08. The molecule has 0 aliphatic carbocycles. The highest BCUT2D eigenvalue weighted by Gasteiger charge is 2.49. The normalized spacial score (nSPS) is 18.6. The fraction of sp³-hybridized carbons (Fsp3) is 0.296. The zero-order valence-corrected chi connectivity index (χ0v) is 22.6. The maximum absolute atomic E-state index is 12.7. The van der Waals surface area contributed by atoms with Crippen LogP contribution in [0, 0.1) is 0 Å². The molecule has 0 radical (unpaired) electrons. The lowest BCUT2D eigenvalue weighted by Gasteiger charge is -2.47. The monoisotopic (exact) mass is 544 g/mol. The lowest BCUT2D eigenvalue weighted by Crippen LogP contribution is -2.42. The first-order chi connectivity index (χ1) is 17.4. The average molecular weight is 545 g/mol. The quantitative estimate of drug-likeness (QED) is 0.333. The van der Waals surface area contributed by atoms with E-state index in [0.717, 1.165) is 5.56 Å². The Kier molecular flexibility index (Phi) is 7.68. The van der Waals surface area contributed by atoms with E-state index in [1.807, 2.05) is 42.5 Å². The summed E-state index contributed by atoms with van der Waals surface area (Å²) >= 11 is 0. The van der Waals surface area contributed by atoms with Gasteiger partial charge in [0.2, 0.25) is 15.9 Å². The van der Waals surface area contributed by atoms with Gasteiger partial charge in [0, 0.05) is 6.54 Å². The third kappa shape index (κ3) is 6.16. The molecule has 0 spiro atoms. The van der Waals surface area contributed by atoms with Crippen molar-refractivity contribution in [2.75, 3.05) is 6.54 Å². The molecule has 37 heavy (non-hydrogen) atoms. The molecule has 0 aromatic heterocycles. The first kappa shape index (κ1) is 27.2. The summed E-state index contributed by atoms with van der Waals surface area (Å²) in [6, 6.07) is 22.6. The van der Waals surface area contributed by atoms with Crippen molar-refractivity contribution >= 4 is 26.7 Å². The third-order valence-corrected chi connectivity index (χ3v) is 9.98. The van der Waals surface area contributed by atoms with Gasteiger partial charge in [-0.25, -0.2) is 17.4 Å². The van der Waals surface area contributed by atoms with Crippen LogP contribution in [-0.4, -0.2) is 39.8 Å². The topological polar surface area (TPSA) is 116 Å². The number of hydrogen-bond acceptors (Lipinski definition) is 6. The standard InChI is InChI=1S/C27H32N2O6S2/c1-27(2,3)29-26(30)19-25(37(29,33)34)21-11-9-20(10-12-21)17-18-28-36(31,32)24-15-13-23(14-16-24)35-22-7-5-4-6-8-22/h4-16,25,28,33-34H,17-19H2,1-3H3. The van der Waals surface area contributed by atoms with Gasteiger partial charge in [0.15, 0.2) is 0 Å². The van der Waals surface area contributed by atoms with Crippen LogP contribution in [0.2, 0.25) is 0 Å². The Morgan fingerprint density at radius 1 is 0.946 bits per heavy atom. The van der Waals surface area contributed by atoms with Crippen molar-refractivity contribution in [3.8, 4) is 11.5 Å². The molecule has 198 valence electrons. The van der Waals surface area contributed by atoms with E-state index in [4.69, 9.17) is 4.74 Å². The molecule has 0 bridgehead atoms. The van der Waals surface area contributed by atoms with Gasteiger partial charge in [-0.3, -0.25) is 13.9 Å². The van der Waals surface area contributed by atoms with Crippen LogP contribution in [-0.2, 0) is 21.2 Å². The second-order valence-electron chi connectivity index (χ2n) is 9.89. The predicted octanol–water partition coefficient (Wildman–Crippen LogP) is 5.74. The minimum absolute atomic E-state index is 0.0356. The molecular weight excluding hydrogens is 512 g/mol. The summed E-state index contributed by atoms with van der Waals surface area (Å²) in [6.45, 7) is 5.52. The zero-order valence-electron chi connectivity index (χ0n) is 21.0. The Morgan fingerprint density at radius 2 is 1.54 bits per heavy atom. The van der Waals surface area contributed by atoms with Crippen LogP contribution in [0.1, 0.15) is 43.6 Å². The van der Waals surface area contributed by atoms with Crippen LogP contribution in [0.5, 0.6) is 11.5 Å². The van der Waals surface area contributed by atoms with Crippen molar-refractivity contribution in [3.05, 3.63) is 90.0 Å². The van der Waals surface area contributed by atoms with Gasteiger partial charge in [-0.15, -0.1) is 10.8 Å². The molecule has 3 aromatic carbocycles. The van der Waals surface area contributed by atoms with Crippen LogP contribution in [0.3, 0.4) is 0 Å². The molecule has 1 aliphatic heterocycles. The first-order valence-corrected chi connectivity index (χ1v) is 14.9. The Balaban J connectivity index is 1.34. The minimum Gasteiger partial charge on any atom is -0.457 e. The summed E-state index contributed by atoms with van der Waals surface area (Å²) < 4.78 is 56.6. The largest absolute Gasteiger partial charge is 0.457 e. The van der Waals surface area contributed by atoms with E-state index in [-0.39, 0.29) is 23.8 Å². The molecule has 1 atom stereocenters. The third-order valence-electron chi connectivity index (χ3n) is 6.02. The van der Waals surface area contributed by atoms with E-state index in [0.29, 0.717) is 23.5 Å². The Labute approximate surface area is 219 Å². The maximum atomic E-state index is 12.7. The van der Waals surface area contributed by atoms with Crippen LogP contribution < -0.4 is 9.46 Å². The van der Waals surface area contributed by atoms with E-state index in [9.17, 15) is 22.3 Å². The lowest BCUT2D eigenvalue weighted by molar-refractivity contribution is -0.128. The lowest BCUT2D eigenvalue weighted by atomic mass is 10.0. The fourth-order valence-corrected chi connectivity index (χ4v) is 7.69.